The van der Waals surface area contributed by atoms with Gasteiger partial charge in [-0.15, -0.1) is 24.4 Å². The van der Waals surface area contributed by atoms with E-state index in [9.17, 15) is 20.4 Å². The van der Waals surface area contributed by atoms with E-state index < -0.39 is 24.4 Å². The Kier molecular flexibility index (Phi) is 45.8. The van der Waals surface area contributed by atoms with Crippen LogP contribution in [-0.4, -0.2) is 48.3 Å². The second kappa shape index (κ2) is 25.5. The smallest absolute Gasteiger partial charge is 0.852 e. The Morgan fingerprint density at radius 2 is 0.412 bits per heavy atom. The van der Waals surface area contributed by atoms with Gasteiger partial charge in [0.2, 0.25) is 0 Å². The fourth-order valence-electron chi connectivity index (χ4n) is 0. The molecule has 0 unspecified atom stereocenters. The summed E-state index contributed by atoms with van der Waals surface area (Å²) >= 11 is 0. The van der Waals surface area contributed by atoms with Gasteiger partial charge in [-0.3, -0.25) is 0 Å². The summed E-state index contributed by atoms with van der Waals surface area (Å²) in [5.74, 6) is 0. The van der Waals surface area contributed by atoms with Gasteiger partial charge in [-0.25, -0.2) is 0 Å². The van der Waals surface area contributed by atoms with Crippen LogP contribution in [0.25, 0.3) is 0 Å². The van der Waals surface area contributed by atoms with E-state index in [2.05, 4.69) is 0 Å². The van der Waals surface area contributed by atoms with Gasteiger partial charge in [-0.05, 0) is 0 Å². The maximum atomic E-state index is 9.53. The summed E-state index contributed by atoms with van der Waals surface area (Å²) in [7, 11) is 0. The molecule has 0 N–H and O–H groups in total. The van der Waals surface area contributed by atoms with Gasteiger partial charge < -0.3 is 20.4 Å². The van der Waals surface area contributed by atoms with Crippen LogP contribution in [0.2, 0.25) is 0 Å². The van der Waals surface area contributed by atoms with E-state index in [1.807, 2.05) is 0 Å². The van der Waals surface area contributed by atoms with Gasteiger partial charge in [0.15, 0.2) is 0 Å². The molecule has 0 aromatic heterocycles. The van der Waals surface area contributed by atoms with Crippen LogP contribution in [0.3, 0.4) is 0 Å². The summed E-state index contributed by atoms with van der Waals surface area (Å²) in [6, 6.07) is 0. The third-order valence-electron chi connectivity index (χ3n) is 0. The largest absolute Gasteiger partial charge is 4.00 e. The summed E-state index contributed by atoms with van der Waals surface area (Å²) in [5.41, 5.74) is 0. The molecule has 0 bridgehead atoms. The SMILES string of the molecule is CC(C)[O-].CC(C)[O-].CC(C)[O-].CC(C)[O-].[Sn+4]. The zero-order valence-electron chi connectivity index (χ0n) is 12.4. The van der Waals surface area contributed by atoms with Crippen LogP contribution in [-0.2, 0) is 0 Å². The van der Waals surface area contributed by atoms with Gasteiger partial charge in [-0.2, -0.15) is 0 Å². The van der Waals surface area contributed by atoms with Crippen LogP contribution in [0.15, 0.2) is 0 Å². The molecular formula is C12H28O4Sn. The third kappa shape index (κ3) is 8740. The van der Waals surface area contributed by atoms with Gasteiger partial charge in [0.1, 0.15) is 0 Å². The Bertz CT molecular complexity index is 61.5. The van der Waals surface area contributed by atoms with Crippen molar-refractivity contribution in [3.05, 3.63) is 0 Å². The fourth-order valence-corrected chi connectivity index (χ4v) is 0. The van der Waals surface area contributed by atoms with Crippen molar-refractivity contribution in [1.82, 2.24) is 0 Å². The molecule has 0 saturated heterocycles. The monoisotopic (exact) mass is 356 g/mol. The molecule has 0 aromatic rings. The second-order valence-electron chi connectivity index (χ2n) is 4.20. The van der Waals surface area contributed by atoms with E-state index in [0.29, 0.717) is 0 Å². The molecule has 0 aliphatic carbocycles. The van der Waals surface area contributed by atoms with E-state index in [1.54, 1.807) is 55.4 Å². The third-order valence-corrected chi connectivity index (χ3v) is 0. The van der Waals surface area contributed by atoms with Crippen molar-refractivity contribution in [3.8, 4) is 0 Å². The predicted molar refractivity (Wildman–Crippen MR) is 66.3 cm³/mol. The average Bonchev–Trinajstić information content (AvgIpc) is 1.76. The zero-order valence-corrected chi connectivity index (χ0v) is 15.3. The molecule has 0 heterocycles. The van der Waals surface area contributed by atoms with E-state index in [1.165, 1.54) is 0 Å². The molecule has 0 saturated carbocycles. The fraction of sp³-hybridized carbons (Fsp3) is 1.00. The molecule has 0 radical (unpaired) electrons. The van der Waals surface area contributed by atoms with E-state index >= 15 is 0 Å². The van der Waals surface area contributed by atoms with Gasteiger partial charge in [0, 0.05) is 0 Å². The molecule has 17 heavy (non-hydrogen) atoms. The van der Waals surface area contributed by atoms with Gasteiger partial charge >= 0.3 is 23.9 Å². The summed E-state index contributed by atoms with van der Waals surface area (Å²) in [5, 5.41) is 38.1. The molecule has 0 spiro atoms. The normalized spacial score (nSPS) is 8.47. The molecule has 104 valence electrons. The van der Waals surface area contributed by atoms with Crippen LogP contribution >= 0.6 is 0 Å². The molecule has 0 fully saturated rings. The minimum absolute atomic E-state index is 0. The van der Waals surface area contributed by atoms with Crippen LogP contribution in [0.4, 0.5) is 0 Å². The van der Waals surface area contributed by atoms with Crippen molar-refractivity contribution in [1.29, 1.82) is 0 Å². The Hall–Kier alpha value is 0.639. The first kappa shape index (κ1) is 30.6. The summed E-state index contributed by atoms with van der Waals surface area (Å²) in [6.07, 6.45) is -1.67. The number of rotatable bonds is 0. The Labute approximate surface area is 124 Å². The first-order valence-corrected chi connectivity index (χ1v) is 5.56. The zero-order chi connectivity index (χ0) is 14.3. The van der Waals surface area contributed by atoms with Crippen molar-refractivity contribution in [2.24, 2.45) is 0 Å². The van der Waals surface area contributed by atoms with E-state index in [4.69, 9.17) is 0 Å². The van der Waals surface area contributed by atoms with Gasteiger partial charge in [-0.1, -0.05) is 55.4 Å². The van der Waals surface area contributed by atoms with Crippen LogP contribution < -0.4 is 20.4 Å². The van der Waals surface area contributed by atoms with Crippen LogP contribution in [0.5, 0.6) is 0 Å². The van der Waals surface area contributed by atoms with Crippen molar-refractivity contribution in [3.63, 3.8) is 0 Å². The van der Waals surface area contributed by atoms with Crippen LogP contribution in [0.1, 0.15) is 55.4 Å². The van der Waals surface area contributed by atoms with Crippen molar-refractivity contribution >= 4 is 23.9 Å². The molecule has 0 aliphatic rings. The van der Waals surface area contributed by atoms with Crippen molar-refractivity contribution in [2.75, 3.05) is 0 Å². The van der Waals surface area contributed by atoms with Gasteiger partial charge in [0.05, 0.1) is 0 Å². The predicted octanol–water partition coefficient (Wildman–Crippen LogP) is -1.36. The first-order valence-electron chi connectivity index (χ1n) is 5.56. The van der Waals surface area contributed by atoms with E-state index in [0.717, 1.165) is 0 Å². The Morgan fingerprint density at radius 1 is 0.412 bits per heavy atom. The van der Waals surface area contributed by atoms with Gasteiger partial charge in [0.25, 0.3) is 0 Å². The maximum Gasteiger partial charge on any atom is 4.00 e. The molecule has 4 nitrogen and oxygen atoms in total. The Morgan fingerprint density at radius 3 is 0.412 bits per heavy atom. The standard InChI is InChI=1S/4C3H7O.Sn/c4*1-3(2)4;/h4*3H,1-2H3;/q4*-1;+4. The topological polar surface area (TPSA) is 92.2 Å². The van der Waals surface area contributed by atoms with Crippen LogP contribution in [0, 0.1) is 0 Å². The minimum Gasteiger partial charge on any atom is -0.852 e. The molecule has 0 aromatic carbocycles. The minimum atomic E-state index is -0.417. The maximum absolute atomic E-state index is 9.53. The summed E-state index contributed by atoms with van der Waals surface area (Å²) in [6.45, 7) is 12.9. The molecule has 0 atom stereocenters. The second-order valence-corrected chi connectivity index (χ2v) is 4.20. The van der Waals surface area contributed by atoms with Crippen molar-refractivity contribution in [2.45, 2.75) is 79.8 Å². The molecule has 5 heteroatoms. The summed E-state index contributed by atoms with van der Waals surface area (Å²) in [4.78, 5) is 0. The summed E-state index contributed by atoms with van der Waals surface area (Å²) < 4.78 is 0. The molecule has 0 aliphatic heterocycles. The number of hydrogen-bond acceptors (Lipinski definition) is 4. The average molecular weight is 355 g/mol. The number of hydrogen-bond donors (Lipinski definition) is 0. The quantitative estimate of drug-likeness (QED) is 0.502. The Balaban J connectivity index is -0.0000000369. The molecular weight excluding hydrogens is 327 g/mol. The molecule has 0 amide bonds. The van der Waals surface area contributed by atoms with E-state index in [-0.39, 0.29) is 23.9 Å². The van der Waals surface area contributed by atoms with Crippen molar-refractivity contribution < 1.29 is 20.4 Å². The first-order chi connectivity index (χ1) is 6.93. The molecule has 0 rings (SSSR count).